The minimum atomic E-state index is -0.526. The van der Waals surface area contributed by atoms with Gasteiger partial charge in [0.15, 0.2) is 0 Å². The summed E-state index contributed by atoms with van der Waals surface area (Å²) in [6.45, 7) is 5.82. The molecule has 0 saturated carbocycles. The van der Waals surface area contributed by atoms with E-state index in [1.165, 1.54) is 6.07 Å². The standard InChI is InChI=1S/C30H25NO6/c1-4-35-28(32)23-18-24(29(33)36-5-2)21-16-13-19(12-15-20(21)23)14-17-26-27(30(34)37-6-3)22-10-8-7-9-11-25(22)31-26/h7-13,15-16,18H,4-6H2,1-3H3. The summed E-state index contributed by atoms with van der Waals surface area (Å²) in [6, 6.07) is 17.5. The fourth-order valence-corrected chi connectivity index (χ4v) is 3.97. The average molecular weight is 496 g/mol. The highest BCUT2D eigenvalue weighted by atomic mass is 16.5. The van der Waals surface area contributed by atoms with Crippen LogP contribution in [0.5, 0.6) is 0 Å². The van der Waals surface area contributed by atoms with Crippen LogP contribution in [0.4, 0.5) is 0 Å². The highest BCUT2D eigenvalue weighted by Gasteiger charge is 2.25. The topological polar surface area (TPSA) is 91.8 Å². The van der Waals surface area contributed by atoms with Crippen LogP contribution in [0.1, 0.15) is 63.1 Å². The Morgan fingerprint density at radius 2 is 1.24 bits per heavy atom. The molecule has 0 fully saturated rings. The van der Waals surface area contributed by atoms with Crippen LogP contribution < -0.4 is 0 Å². The van der Waals surface area contributed by atoms with Crippen molar-refractivity contribution in [3.63, 3.8) is 0 Å². The Morgan fingerprint density at radius 3 is 1.84 bits per heavy atom. The SMILES string of the molecule is CCOC(=O)c1cc(C(=O)OCC)c2ccc(C#Cc3nc4cccccc-4c3C(=O)OCC)ccc1-2. The second-order valence-electron chi connectivity index (χ2n) is 7.88. The molecule has 0 spiro atoms. The first kappa shape index (κ1) is 25.4. The number of fused-ring (bicyclic) bond motifs is 2. The van der Waals surface area contributed by atoms with Crippen LogP contribution in [0.25, 0.3) is 22.4 Å². The zero-order valence-electron chi connectivity index (χ0n) is 20.8. The number of hydrogen-bond donors (Lipinski definition) is 0. The predicted molar refractivity (Wildman–Crippen MR) is 138 cm³/mol. The van der Waals surface area contributed by atoms with E-state index in [-0.39, 0.29) is 30.9 Å². The van der Waals surface area contributed by atoms with Gasteiger partial charge in [-0.05, 0) is 62.1 Å². The van der Waals surface area contributed by atoms with Gasteiger partial charge in [0.2, 0.25) is 0 Å². The van der Waals surface area contributed by atoms with Crippen molar-refractivity contribution < 1.29 is 28.6 Å². The van der Waals surface area contributed by atoms with Gasteiger partial charge < -0.3 is 14.2 Å². The van der Waals surface area contributed by atoms with Crippen LogP contribution >= 0.6 is 0 Å². The van der Waals surface area contributed by atoms with E-state index in [0.29, 0.717) is 39.2 Å². The monoisotopic (exact) mass is 495 g/mol. The largest absolute Gasteiger partial charge is 0.462 e. The zero-order chi connectivity index (χ0) is 26.4. The molecule has 4 rings (SSSR count). The molecule has 0 bridgehead atoms. The fourth-order valence-electron chi connectivity index (χ4n) is 3.97. The molecule has 0 amide bonds. The molecule has 0 saturated heterocycles. The van der Waals surface area contributed by atoms with Crippen molar-refractivity contribution in [2.45, 2.75) is 20.8 Å². The lowest BCUT2D eigenvalue weighted by molar-refractivity contribution is 0.0515. The number of nitrogens with zero attached hydrogens (tertiary/aromatic N) is 1. The van der Waals surface area contributed by atoms with Crippen molar-refractivity contribution in [1.82, 2.24) is 4.98 Å². The Balaban J connectivity index is 1.82. The smallest absolute Gasteiger partial charge is 0.341 e. The van der Waals surface area contributed by atoms with Gasteiger partial charge in [0.05, 0.1) is 36.6 Å². The Morgan fingerprint density at radius 1 is 0.676 bits per heavy atom. The summed E-state index contributed by atoms with van der Waals surface area (Å²) < 4.78 is 15.6. The van der Waals surface area contributed by atoms with Gasteiger partial charge in [0.25, 0.3) is 0 Å². The minimum Gasteiger partial charge on any atom is -0.462 e. The normalized spacial score (nSPS) is 10.5. The van der Waals surface area contributed by atoms with Crippen LogP contribution in [0, 0.1) is 11.8 Å². The third kappa shape index (κ3) is 5.29. The molecule has 4 aliphatic rings. The van der Waals surface area contributed by atoms with E-state index in [2.05, 4.69) is 16.8 Å². The molecular formula is C30H25NO6. The highest BCUT2D eigenvalue weighted by molar-refractivity contribution is 6.08. The van der Waals surface area contributed by atoms with Crippen LogP contribution in [-0.2, 0) is 14.2 Å². The molecule has 1 heterocycles. The van der Waals surface area contributed by atoms with E-state index in [9.17, 15) is 14.4 Å². The lowest BCUT2D eigenvalue weighted by Crippen LogP contribution is -2.06. The number of hydrogen-bond acceptors (Lipinski definition) is 7. The highest BCUT2D eigenvalue weighted by Crippen LogP contribution is 2.33. The number of ether oxygens (including phenoxy) is 3. The molecule has 0 aromatic carbocycles. The van der Waals surface area contributed by atoms with Crippen molar-refractivity contribution >= 4 is 17.9 Å². The van der Waals surface area contributed by atoms with Gasteiger partial charge in [-0.25, -0.2) is 19.4 Å². The van der Waals surface area contributed by atoms with E-state index < -0.39 is 17.9 Å². The first-order chi connectivity index (χ1) is 18.0. The maximum absolute atomic E-state index is 12.7. The Labute approximate surface area is 215 Å². The van der Waals surface area contributed by atoms with Crippen molar-refractivity contribution in [2.24, 2.45) is 0 Å². The summed E-state index contributed by atoms with van der Waals surface area (Å²) in [5, 5.41) is 0. The Hall–Kier alpha value is -4.70. The van der Waals surface area contributed by atoms with Crippen molar-refractivity contribution in [3.8, 4) is 34.2 Å². The molecule has 7 heteroatoms. The van der Waals surface area contributed by atoms with Crippen LogP contribution in [0.2, 0.25) is 0 Å². The van der Waals surface area contributed by atoms with Crippen molar-refractivity contribution in [3.05, 3.63) is 88.6 Å². The summed E-state index contributed by atoms with van der Waals surface area (Å²) in [4.78, 5) is 42.4. The molecule has 0 atom stereocenters. The van der Waals surface area contributed by atoms with E-state index in [1.54, 1.807) is 45.0 Å². The van der Waals surface area contributed by atoms with E-state index >= 15 is 0 Å². The summed E-state index contributed by atoms with van der Waals surface area (Å²) in [5.74, 6) is 4.50. The molecule has 186 valence electrons. The summed E-state index contributed by atoms with van der Waals surface area (Å²) in [6.07, 6.45) is 0. The second-order valence-corrected chi connectivity index (χ2v) is 7.88. The minimum absolute atomic E-state index is 0.206. The summed E-state index contributed by atoms with van der Waals surface area (Å²) in [5.41, 5.74) is 4.15. The Kier molecular flexibility index (Phi) is 7.80. The van der Waals surface area contributed by atoms with Crippen LogP contribution in [-0.4, -0.2) is 42.7 Å². The quantitative estimate of drug-likeness (QED) is 0.206. The summed E-state index contributed by atoms with van der Waals surface area (Å²) in [7, 11) is 0. The Bertz CT molecular complexity index is 1430. The third-order valence-corrected chi connectivity index (χ3v) is 5.57. The summed E-state index contributed by atoms with van der Waals surface area (Å²) >= 11 is 0. The average Bonchev–Trinajstić information content (AvgIpc) is 3.23. The number of carbonyl (C=O) groups excluding carboxylic acids is 3. The maximum Gasteiger partial charge on any atom is 0.341 e. The third-order valence-electron chi connectivity index (χ3n) is 5.57. The maximum atomic E-state index is 12.7. The van der Waals surface area contributed by atoms with Gasteiger partial charge in [-0.3, -0.25) is 0 Å². The molecule has 1 aliphatic heterocycles. The number of carbonyl (C=O) groups is 3. The van der Waals surface area contributed by atoms with Gasteiger partial charge in [-0.1, -0.05) is 42.3 Å². The fraction of sp³-hybridized carbons (Fsp3) is 0.200. The molecule has 3 aliphatic carbocycles. The number of aromatic nitrogens is 1. The van der Waals surface area contributed by atoms with Crippen LogP contribution in [0.3, 0.4) is 0 Å². The first-order valence-corrected chi connectivity index (χ1v) is 12.0. The van der Waals surface area contributed by atoms with Crippen LogP contribution in [0.15, 0.2) is 60.7 Å². The van der Waals surface area contributed by atoms with E-state index in [4.69, 9.17) is 14.2 Å². The molecular weight excluding hydrogens is 470 g/mol. The zero-order valence-corrected chi connectivity index (χ0v) is 20.8. The molecule has 0 aromatic rings. The molecule has 0 radical (unpaired) electrons. The molecule has 0 unspecified atom stereocenters. The molecule has 37 heavy (non-hydrogen) atoms. The lowest BCUT2D eigenvalue weighted by Gasteiger charge is -2.02. The van der Waals surface area contributed by atoms with E-state index in [0.717, 1.165) is 0 Å². The molecule has 0 aromatic heterocycles. The van der Waals surface area contributed by atoms with Gasteiger partial charge in [0.1, 0.15) is 11.3 Å². The predicted octanol–water partition coefficient (Wildman–Crippen LogP) is 5.22. The molecule has 7 nitrogen and oxygen atoms in total. The second kappa shape index (κ2) is 11.4. The van der Waals surface area contributed by atoms with Gasteiger partial charge in [-0.15, -0.1) is 0 Å². The van der Waals surface area contributed by atoms with Gasteiger partial charge in [-0.2, -0.15) is 0 Å². The lowest BCUT2D eigenvalue weighted by atomic mass is 10.1. The van der Waals surface area contributed by atoms with Crippen molar-refractivity contribution in [1.29, 1.82) is 0 Å². The van der Waals surface area contributed by atoms with E-state index in [1.807, 2.05) is 30.3 Å². The van der Waals surface area contributed by atoms with Crippen molar-refractivity contribution in [2.75, 3.05) is 19.8 Å². The first-order valence-electron chi connectivity index (χ1n) is 12.0. The van der Waals surface area contributed by atoms with Gasteiger partial charge in [0, 0.05) is 11.1 Å². The number of esters is 3. The molecule has 0 N–H and O–H groups in total. The van der Waals surface area contributed by atoms with Gasteiger partial charge >= 0.3 is 17.9 Å². The number of rotatable bonds is 6.